The molecular formula is C21H23N3O4. The van der Waals surface area contributed by atoms with Gasteiger partial charge in [0.2, 0.25) is 0 Å². The molecule has 7 heteroatoms. The third kappa shape index (κ3) is 4.68. The fourth-order valence-corrected chi connectivity index (χ4v) is 2.73. The molecule has 1 heterocycles. The number of oxazole rings is 1. The van der Waals surface area contributed by atoms with Crippen LogP contribution in [0.4, 0.5) is 10.5 Å². The largest absolute Gasteiger partial charge is 0.444 e. The summed E-state index contributed by atoms with van der Waals surface area (Å²) in [7, 11) is 0. The lowest BCUT2D eigenvalue weighted by molar-refractivity contribution is -0.118. The topological polar surface area (TPSA) is 93.5 Å². The van der Waals surface area contributed by atoms with Gasteiger partial charge in [0.25, 0.3) is 5.91 Å². The molecule has 28 heavy (non-hydrogen) atoms. The molecule has 0 bridgehead atoms. The van der Waals surface area contributed by atoms with Crippen molar-refractivity contribution in [1.82, 2.24) is 10.3 Å². The number of hydrogen-bond acceptors (Lipinski definition) is 5. The van der Waals surface area contributed by atoms with Crippen LogP contribution >= 0.6 is 0 Å². The summed E-state index contributed by atoms with van der Waals surface area (Å²) >= 11 is 0. The minimum atomic E-state index is -0.935. The van der Waals surface area contributed by atoms with Crippen LogP contribution in [0.15, 0.2) is 52.9 Å². The summed E-state index contributed by atoms with van der Waals surface area (Å²) < 4.78 is 10.9. The Balaban J connectivity index is 1.87. The molecule has 0 saturated heterocycles. The number of ether oxygens (including phenoxy) is 1. The van der Waals surface area contributed by atoms with Gasteiger partial charge in [0.1, 0.15) is 17.2 Å². The third-order valence-corrected chi connectivity index (χ3v) is 3.84. The normalized spacial score (nSPS) is 12.4. The van der Waals surface area contributed by atoms with Gasteiger partial charge in [-0.15, -0.1) is 0 Å². The highest BCUT2D eigenvalue weighted by atomic mass is 16.6. The molecule has 1 aromatic heterocycles. The quantitative estimate of drug-likeness (QED) is 0.701. The van der Waals surface area contributed by atoms with Crippen molar-refractivity contribution in [3.63, 3.8) is 0 Å². The molecule has 0 radical (unpaired) electrons. The number of para-hydroxylation sites is 1. The standard InChI is InChI=1S/C21H23N3O4/c1-13-22-15-11-8-12-16(18(15)27-13)23-19(25)17(14-9-6-5-7-10-14)24-20(26)28-21(2,3)4/h5-12,17H,1-4H3,(H,23,25)(H,24,26). The predicted molar refractivity (Wildman–Crippen MR) is 106 cm³/mol. The number of fused-ring (bicyclic) bond motifs is 1. The highest BCUT2D eigenvalue weighted by Gasteiger charge is 2.26. The first-order valence-electron chi connectivity index (χ1n) is 8.94. The molecule has 0 fully saturated rings. The maximum absolute atomic E-state index is 13.0. The lowest BCUT2D eigenvalue weighted by atomic mass is 10.1. The molecular weight excluding hydrogens is 358 g/mol. The monoisotopic (exact) mass is 381 g/mol. The number of anilines is 1. The van der Waals surface area contributed by atoms with Crippen LogP contribution in [0.2, 0.25) is 0 Å². The van der Waals surface area contributed by atoms with E-state index in [1.807, 2.05) is 6.07 Å². The van der Waals surface area contributed by atoms with Crippen molar-refractivity contribution in [2.45, 2.75) is 39.3 Å². The van der Waals surface area contributed by atoms with Gasteiger partial charge in [-0.05, 0) is 38.5 Å². The molecule has 0 spiro atoms. The van der Waals surface area contributed by atoms with E-state index in [1.54, 1.807) is 70.2 Å². The summed E-state index contributed by atoms with van der Waals surface area (Å²) in [6.07, 6.45) is -0.676. The molecule has 0 aliphatic rings. The van der Waals surface area contributed by atoms with E-state index < -0.39 is 23.6 Å². The summed E-state index contributed by atoms with van der Waals surface area (Å²) in [5.74, 6) is 0.0850. The van der Waals surface area contributed by atoms with Crippen molar-refractivity contribution in [3.8, 4) is 0 Å². The highest BCUT2D eigenvalue weighted by Crippen LogP contribution is 2.25. The Kier molecular flexibility index (Phi) is 5.35. The summed E-state index contributed by atoms with van der Waals surface area (Å²) in [5.41, 5.74) is 1.57. The number of aryl methyl sites for hydroxylation is 1. The number of hydrogen-bond donors (Lipinski definition) is 2. The Labute approximate surface area is 163 Å². The molecule has 0 saturated carbocycles. The fraction of sp³-hybridized carbons (Fsp3) is 0.286. The molecule has 2 N–H and O–H groups in total. The van der Waals surface area contributed by atoms with Crippen LogP contribution in [0, 0.1) is 6.92 Å². The van der Waals surface area contributed by atoms with E-state index in [0.29, 0.717) is 28.2 Å². The summed E-state index contributed by atoms with van der Waals surface area (Å²) in [6.45, 7) is 7.02. The lowest BCUT2D eigenvalue weighted by Crippen LogP contribution is -2.40. The Hall–Kier alpha value is -3.35. The molecule has 1 atom stereocenters. The van der Waals surface area contributed by atoms with Crippen LogP contribution in [0.1, 0.15) is 38.3 Å². The highest BCUT2D eigenvalue weighted by molar-refractivity contribution is 6.02. The number of benzene rings is 2. The number of alkyl carbamates (subject to hydrolysis) is 1. The number of nitrogens with one attached hydrogen (secondary N) is 2. The van der Waals surface area contributed by atoms with E-state index in [1.165, 1.54) is 0 Å². The molecule has 3 aromatic rings. The van der Waals surface area contributed by atoms with Gasteiger partial charge in [0.15, 0.2) is 11.5 Å². The van der Waals surface area contributed by atoms with Crippen LogP contribution in [0.25, 0.3) is 11.1 Å². The van der Waals surface area contributed by atoms with Crippen molar-refractivity contribution >= 4 is 28.8 Å². The van der Waals surface area contributed by atoms with Gasteiger partial charge in [-0.2, -0.15) is 0 Å². The Bertz CT molecular complexity index is 990. The second-order valence-electron chi connectivity index (χ2n) is 7.37. The van der Waals surface area contributed by atoms with Gasteiger partial charge in [0, 0.05) is 6.92 Å². The van der Waals surface area contributed by atoms with E-state index in [0.717, 1.165) is 0 Å². The van der Waals surface area contributed by atoms with Crippen LogP contribution in [-0.2, 0) is 9.53 Å². The number of rotatable bonds is 4. The van der Waals surface area contributed by atoms with Gasteiger partial charge in [-0.25, -0.2) is 9.78 Å². The first-order chi connectivity index (χ1) is 13.2. The van der Waals surface area contributed by atoms with Crippen molar-refractivity contribution in [2.75, 3.05) is 5.32 Å². The molecule has 7 nitrogen and oxygen atoms in total. The van der Waals surface area contributed by atoms with Crippen LogP contribution in [0.3, 0.4) is 0 Å². The maximum Gasteiger partial charge on any atom is 0.408 e. The first kappa shape index (κ1) is 19.4. The Morgan fingerprint density at radius 2 is 1.79 bits per heavy atom. The van der Waals surface area contributed by atoms with Crippen LogP contribution in [-0.4, -0.2) is 22.6 Å². The zero-order valence-corrected chi connectivity index (χ0v) is 16.3. The zero-order valence-electron chi connectivity index (χ0n) is 16.3. The number of carbonyl (C=O) groups is 2. The SMILES string of the molecule is Cc1nc2cccc(NC(=O)C(NC(=O)OC(C)(C)C)c3ccccc3)c2o1. The predicted octanol–water partition coefficient (Wildman–Crippen LogP) is 4.34. The van der Waals surface area contributed by atoms with Crippen molar-refractivity contribution in [1.29, 1.82) is 0 Å². The van der Waals surface area contributed by atoms with Gasteiger partial charge in [0.05, 0.1) is 5.69 Å². The maximum atomic E-state index is 13.0. The molecule has 1 unspecified atom stereocenters. The van der Waals surface area contributed by atoms with Crippen molar-refractivity contribution in [2.24, 2.45) is 0 Å². The molecule has 2 amide bonds. The average Bonchev–Trinajstić information content (AvgIpc) is 3.00. The van der Waals surface area contributed by atoms with Crippen molar-refractivity contribution in [3.05, 3.63) is 60.0 Å². The minimum absolute atomic E-state index is 0.418. The third-order valence-electron chi connectivity index (χ3n) is 3.84. The number of aromatic nitrogens is 1. The molecule has 0 aliphatic carbocycles. The second kappa shape index (κ2) is 7.72. The van der Waals surface area contributed by atoms with Gasteiger partial charge in [-0.1, -0.05) is 36.4 Å². The van der Waals surface area contributed by atoms with E-state index in [-0.39, 0.29) is 0 Å². The fourth-order valence-electron chi connectivity index (χ4n) is 2.73. The van der Waals surface area contributed by atoms with Gasteiger partial charge in [-0.3, -0.25) is 4.79 Å². The van der Waals surface area contributed by atoms with Gasteiger partial charge < -0.3 is 19.8 Å². The number of carbonyl (C=O) groups excluding carboxylic acids is 2. The van der Waals surface area contributed by atoms with Gasteiger partial charge >= 0.3 is 6.09 Å². The lowest BCUT2D eigenvalue weighted by Gasteiger charge is -2.23. The summed E-state index contributed by atoms with van der Waals surface area (Å²) in [5, 5.41) is 5.47. The van der Waals surface area contributed by atoms with E-state index >= 15 is 0 Å². The van der Waals surface area contributed by atoms with Crippen LogP contribution < -0.4 is 10.6 Å². The number of nitrogens with zero attached hydrogens (tertiary/aromatic N) is 1. The molecule has 0 aliphatic heterocycles. The van der Waals surface area contributed by atoms with E-state index in [9.17, 15) is 9.59 Å². The number of amides is 2. The molecule has 2 aromatic carbocycles. The van der Waals surface area contributed by atoms with Crippen molar-refractivity contribution < 1.29 is 18.7 Å². The Morgan fingerprint density at radius 1 is 1.07 bits per heavy atom. The van der Waals surface area contributed by atoms with E-state index in [4.69, 9.17) is 9.15 Å². The molecule has 146 valence electrons. The smallest absolute Gasteiger partial charge is 0.408 e. The zero-order chi connectivity index (χ0) is 20.3. The van der Waals surface area contributed by atoms with Crippen LogP contribution in [0.5, 0.6) is 0 Å². The average molecular weight is 381 g/mol. The summed E-state index contributed by atoms with van der Waals surface area (Å²) in [4.78, 5) is 29.6. The second-order valence-corrected chi connectivity index (χ2v) is 7.37. The first-order valence-corrected chi connectivity index (χ1v) is 8.94. The molecule has 3 rings (SSSR count). The minimum Gasteiger partial charge on any atom is -0.444 e. The summed E-state index contributed by atoms with van der Waals surface area (Å²) in [6, 6.07) is 13.3. The van der Waals surface area contributed by atoms with E-state index in [2.05, 4.69) is 15.6 Å². The Morgan fingerprint density at radius 3 is 2.46 bits per heavy atom.